The lowest BCUT2D eigenvalue weighted by atomic mass is 9.93. The Balaban J connectivity index is 2.62. The third-order valence-corrected chi connectivity index (χ3v) is 4.57. The van der Waals surface area contributed by atoms with Crippen molar-refractivity contribution in [3.05, 3.63) is 0 Å². The van der Waals surface area contributed by atoms with Crippen molar-refractivity contribution in [2.24, 2.45) is 10.9 Å². The molecular formula is C19H38N4O3. The van der Waals surface area contributed by atoms with Crippen LogP contribution in [0, 0.1) is 5.92 Å². The first-order chi connectivity index (χ1) is 12.5. The van der Waals surface area contributed by atoms with Gasteiger partial charge in [0.05, 0.1) is 24.8 Å². The largest absolute Gasteiger partial charge is 0.450 e. The molecule has 0 bridgehead atoms. The van der Waals surface area contributed by atoms with E-state index in [4.69, 9.17) is 4.74 Å². The summed E-state index contributed by atoms with van der Waals surface area (Å²) in [7, 11) is 0. The van der Waals surface area contributed by atoms with E-state index in [2.05, 4.69) is 34.8 Å². The fraction of sp³-hybridized carbons (Fsp3) is 0.895. The third-order valence-electron chi connectivity index (χ3n) is 4.57. The van der Waals surface area contributed by atoms with Crippen molar-refractivity contribution in [3.8, 4) is 0 Å². The predicted molar refractivity (Wildman–Crippen MR) is 105 cm³/mol. The number of hydrogen-bond acceptors (Lipinski definition) is 4. The standard InChI is InChI=1S/C19H38N4O3/c1-5-11-19(25,12-6-2)14-22-17(20-7-3)21-13-16(15-9-10-15)23-18(24)26-8-4/h15-16,25H,5-14H2,1-4H3,(H,23,24)(H2,20,21,22). The second kappa shape index (κ2) is 12.0. The van der Waals surface area contributed by atoms with Gasteiger partial charge in [0.1, 0.15) is 0 Å². The Hall–Kier alpha value is -1.50. The lowest BCUT2D eigenvalue weighted by molar-refractivity contribution is 0.0306. The minimum atomic E-state index is -0.745. The van der Waals surface area contributed by atoms with E-state index in [0.29, 0.717) is 31.6 Å². The van der Waals surface area contributed by atoms with Gasteiger partial charge in [-0.2, -0.15) is 0 Å². The van der Waals surface area contributed by atoms with E-state index in [1.54, 1.807) is 6.92 Å². The zero-order valence-electron chi connectivity index (χ0n) is 16.9. The van der Waals surface area contributed by atoms with Crippen molar-refractivity contribution in [2.75, 3.05) is 26.2 Å². The van der Waals surface area contributed by atoms with Crippen molar-refractivity contribution in [1.82, 2.24) is 16.0 Å². The Morgan fingerprint density at radius 3 is 2.35 bits per heavy atom. The summed E-state index contributed by atoms with van der Waals surface area (Å²) in [5.41, 5.74) is -0.745. The second-order valence-electron chi connectivity index (χ2n) is 7.11. The van der Waals surface area contributed by atoms with Crippen molar-refractivity contribution < 1.29 is 14.6 Å². The van der Waals surface area contributed by atoms with Crippen LogP contribution in [-0.2, 0) is 4.74 Å². The maximum Gasteiger partial charge on any atom is 0.407 e. The molecule has 1 fully saturated rings. The Morgan fingerprint density at radius 1 is 1.19 bits per heavy atom. The van der Waals surface area contributed by atoms with E-state index in [9.17, 15) is 9.90 Å². The van der Waals surface area contributed by atoms with Gasteiger partial charge in [0.2, 0.25) is 0 Å². The van der Waals surface area contributed by atoms with Crippen LogP contribution < -0.4 is 16.0 Å². The lowest BCUT2D eigenvalue weighted by Gasteiger charge is -2.26. The number of ether oxygens (including phenoxy) is 1. The van der Waals surface area contributed by atoms with Gasteiger partial charge >= 0.3 is 6.09 Å². The van der Waals surface area contributed by atoms with Crippen molar-refractivity contribution in [2.45, 2.75) is 77.9 Å². The minimum Gasteiger partial charge on any atom is -0.450 e. The van der Waals surface area contributed by atoms with Crippen LogP contribution in [0.3, 0.4) is 0 Å². The van der Waals surface area contributed by atoms with Gasteiger partial charge < -0.3 is 25.8 Å². The number of carbonyl (C=O) groups excluding carboxylic acids is 1. The number of rotatable bonds is 12. The van der Waals surface area contributed by atoms with Crippen LogP contribution >= 0.6 is 0 Å². The molecule has 0 aliphatic heterocycles. The van der Waals surface area contributed by atoms with Crippen LogP contribution in [0.5, 0.6) is 0 Å². The molecule has 7 nitrogen and oxygen atoms in total. The molecule has 26 heavy (non-hydrogen) atoms. The third kappa shape index (κ3) is 8.74. The van der Waals surface area contributed by atoms with Gasteiger partial charge in [-0.3, -0.25) is 4.99 Å². The van der Waals surface area contributed by atoms with Crippen LogP contribution in [-0.4, -0.2) is 55.0 Å². The van der Waals surface area contributed by atoms with E-state index in [0.717, 1.165) is 45.1 Å². The number of amides is 1. The van der Waals surface area contributed by atoms with Gasteiger partial charge in [0.25, 0.3) is 0 Å². The molecule has 0 aromatic heterocycles. The first-order valence-electron chi connectivity index (χ1n) is 10.2. The summed E-state index contributed by atoms with van der Waals surface area (Å²) >= 11 is 0. The second-order valence-corrected chi connectivity index (χ2v) is 7.11. The van der Waals surface area contributed by atoms with E-state index in [-0.39, 0.29) is 12.1 Å². The maximum atomic E-state index is 11.7. The summed E-state index contributed by atoms with van der Waals surface area (Å²) in [5.74, 6) is 1.17. The summed E-state index contributed by atoms with van der Waals surface area (Å²) in [6.07, 6.45) is 5.25. The van der Waals surface area contributed by atoms with Crippen molar-refractivity contribution >= 4 is 12.1 Å². The highest BCUT2D eigenvalue weighted by Gasteiger charge is 2.32. The van der Waals surface area contributed by atoms with Gasteiger partial charge in [-0.05, 0) is 45.4 Å². The highest BCUT2D eigenvalue weighted by molar-refractivity contribution is 5.80. The molecule has 1 atom stereocenters. The minimum absolute atomic E-state index is 0.0306. The normalized spacial score (nSPS) is 16.1. The van der Waals surface area contributed by atoms with Crippen LogP contribution in [0.15, 0.2) is 4.99 Å². The number of alkyl carbamates (subject to hydrolysis) is 1. The predicted octanol–water partition coefficient (Wildman–Crippen LogP) is 2.40. The molecule has 1 rings (SSSR count). The molecule has 0 aromatic carbocycles. The molecule has 7 heteroatoms. The molecular weight excluding hydrogens is 332 g/mol. The molecule has 1 unspecified atom stereocenters. The van der Waals surface area contributed by atoms with Crippen molar-refractivity contribution in [1.29, 1.82) is 0 Å². The Kier molecular flexibility index (Phi) is 10.4. The van der Waals surface area contributed by atoms with Gasteiger partial charge in [0.15, 0.2) is 5.96 Å². The van der Waals surface area contributed by atoms with E-state index in [1.807, 2.05) is 6.92 Å². The molecule has 1 aliphatic carbocycles. The van der Waals surface area contributed by atoms with Crippen LogP contribution in [0.2, 0.25) is 0 Å². The van der Waals surface area contributed by atoms with Gasteiger partial charge in [-0.1, -0.05) is 26.7 Å². The number of guanidine groups is 1. The molecule has 1 aliphatic rings. The lowest BCUT2D eigenvalue weighted by Crippen LogP contribution is -2.48. The quantitative estimate of drug-likeness (QED) is 0.313. The Bertz CT molecular complexity index is 433. The summed E-state index contributed by atoms with van der Waals surface area (Å²) in [5, 5.41) is 20.2. The number of aliphatic hydroxyl groups is 1. The Labute approximate surface area is 158 Å². The summed E-state index contributed by atoms with van der Waals surface area (Å²) in [6.45, 7) is 10.0. The average molecular weight is 371 g/mol. The van der Waals surface area contributed by atoms with E-state index in [1.165, 1.54) is 0 Å². The molecule has 1 amide bonds. The summed E-state index contributed by atoms with van der Waals surface area (Å²) in [6, 6.07) is 0.0306. The van der Waals surface area contributed by atoms with Gasteiger partial charge in [-0.25, -0.2) is 4.79 Å². The fourth-order valence-corrected chi connectivity index (χ4v) is 3.15. The molecule has 4 N–H and O–H groups in total. The number of aliphatic imine (C=N–C) groups is 1. The zero-order chi connectivity index (χ0) is 19.4. The fourth-order valence-electron chi connectivity index (χ4n) is 3.15. The molecule has 1 saturated carbocycles. The van der Waals surface area contributed by atoms with Crippen LogP contribution in [0.4, 0.5) is 4.79 Å². The maximum absolute atomic E-state index is 11.7. The first kappa shape index (κ1) is 22.5. The zero-order valence-corrected chi connectivity index (χ0v) is 16.9. The monoisotopic (exact) mass is 370 g/mol. The number of nitrogens with zero attached hydrogens (tertiary/aromatic N) is 1. The Morgan fingerprint density at radius 2 is 1.85 bits per heavy atom. The van der Waals surface area contributed by atoms with E-state index >= 15 is 0 Å². The van der Waals surface area contributed by atoms with Crippen LogP contribution in [0.1, 0.15) is 66.2 Å². The highest BCUT2D eigenvalue weighted by Crippen LogP contribution is 2.32. The SMILES string of the molecule is CCCC(O)(CCC)CN=C(NCC)NCC(NC(=O)OCC)C1CC1. The number of carbonyl (C=O) groups is 1. The summed E-state index contributed by atoms with van der Waals surface area (Å²) in [4.78, 5) is 16.3. The van der Waals surface area contributed by atoms with Gasteiger partial charge in [0, 0.05) is 13.1 Å². The first-order valence-corrected chi connectivity index (χ1v) is 10.2. The van der Waals surface area contributed by atoms with Crippen LogP contribution in [0.25, 0.3) is 0 Å². The molecule has 0 spiro atoms. The van der Waals surface area contributed by atoms with E-state index < -0.39 is 5.60 Å². The molecule has 0 radical (unpaired) electrons. The number of hydrogen-bond donors (Lipinski definition) is 4. The summed E-state index contributed by atoms with van der Waals surface area (Å²) < 4.78 is 4.99. The number of nitrogens with one attached hydrogen (secondary N) is 3. The molecule has 0 heterocycles. The topological polar surface area (TPSA) is 95.0 Å². The molecule has 0 saturated heterocycles. The molecule has 0 aromatic rings. The van der Waals surface area contributed by atoms with Crippen molar-refractivity contribution in [3.63, 3.8) is 0 Å². The smallest absolute Gasteiger partial charge is 0.407 e. The highest BCUT2D eigenvalue weighted by atomic mass is 16.5. The molecule has 152 valence electrons. The van der Waals surface area contributed by atoms with Gasteiger partial charge in [-0.15, -0.1) is 0 Å². The average Bonchev–Trinajstić information content (AvgIpc) is 3.42.